The summed E-state index contributed by atoms with van der Waals surface area (Å²) >= 11 is 0. The molecule has 0 aliphatic carbocycles. The normalized spacial score (nSPS) is 10.2. The molecule has 0 saturated carbocycles. The molecule has 4 heteroatoms. The minimum absolute atomic E-state index is 0.616. The van der Waals surface area contributed by atoms with Crippen LogP contribution in [0.4, 0.5) is 0 Å². The highest BCUT2D eigenvalue weighted by Gasteiger charge is 2.06. The standard InChI is InChI=1S/C15H18N2O2/c1-3-18-13-7-4-8-14(10-13)19-15-12(11-16-2)6-5-9-17-15/h4-10,16H,3,11H2,1-2H3. The predicted octanol–water partition coefficient (Wildman–Crippen LogP) is 2.99. The zero-order valence-electron chi connectivity index (χ0n) is 11.2. The van der Waals surface area contributed by atoms with E-state index in [9.17, 15) is 0 Å². The van der Waals surface area contributed by atoms with Crippen molar-refractivity contribution in [2.45, 2.75) is 13.5 Å². The fourth-order valence-corrected chi connectivity index (χ4v) is 1.75. The first kappa shape index (κ1) is 13.4. The monoisotopic (exact) mass is 258 g/mol. The highest BCUT2D eigenvalue weighted by molar-refractivity contribution is 5.37. The van der Waals surface area contributed by atoms with Crippen LogP contribution in [0.2, 0.25) is 0 Å². The second-order valence-electron chi connectivity index (χ2n) is 4.01. The first-order chi connectivity index (χ1) is 9.33. The van der Waals surface area contributed by atoms with Gasteiger partial charge in [-0.15, -0.1) is 0 Å². The molecule has 0 aliphatic rings. The lowest BCUT2D eigenvalue weighted by Crippen LogP contribution is -2.07. The minimum atomic E-state index is 0.616. The molecular weight excluding hydrogens is 240 g/mol. The second-order valence-corrected chi connectivity index (χ2v) is 4.01. The van der Waals surface area contributed by atoms with Crippen molar-refractivity contribution in [2.75, 3.05) is 13.7 Å². The molecule has 2 rings (SSSR count). The fourth-order valence-electron chi connectivity index (χ4n) is 1.75. The van der Waals surface area contributed by atoms with Gasteiger partial charge in [-0.25, -0.2) is 4.98 Å². The van der Waals surface area contributed by atoms with Crippen molar-refractivity contribution >= 4 is 0 Å². The molecule has 4 nitrogen and oxygen atoms in total. The lowest BCUT2D eigenvalue weighted by molar-refractivity contribution is 0.337. The Labute approximate surface area is 113 Å². The van der Waals surface area contributed by atoms with E-state index in [0.29, 0.717) is 19.0 Å². The number of nitrogens with one attached hydrogen (secondary N) is 1. The zero-order valence-corrected chi connectivity index (χ0v) is 11.2. The van der Waals surface area contributed by atoms with Crippen LogP contribution in [0, 0.1) is 0 Å². The highest BCUT2D eigenvalue weighted by atomic mass is 16.5. The van der Waals surface area contributed by atoms with Crippen molar-refractivity contribution in [3.05, 3.63) is 48.2 Å². The fraction of sp³-hybridized carbons (Fsp3) is 0.267. The Kier molecular flexibility index (Phi) is 4.75. The molecule has 0 aliphatic heterocycles. The van der Waals surface area contributed by atoms with Gasteiger partial charge in [0, 0.05) is 24.4 Å². The van der Waals surface area contributed by atoms with Crippen LogP contribution in [0.15, 0.2) is 42.6 Å². The summed E-state index contributed by atoms with van der Waals surface area (Å²) in [7, 11) is 1.90. The Morgan fingerprint density at radius 3 is 2.79 bits per heavy atom. The van der Waals surface area contributed by atoms with Gasteiger partial charge < -0.3 is 14.8 Å². The van der Waals surface area contributed by atoms with Gasteiger partial charge >= 0.3 is 0 Å². The molecule has 0 unspecified atom stereocenters. The number of hydrogen-bond acceptors (Lipinski definition) is 4. The Hall–Kier alpha value is -2.07. The van der Waals surface area contributed by atoms with E-state index in [-0.39, 0.29) is 0 Å². The number of benzene rings is 1. The van der Waals surface area contributed by atoms with Crippen LogP contribution in [-0.2, 0) is 6.54 Å². The van der Waals surface area contributed by atoms with E-state index in [4.69, 9.17) is 9.47 Å². The van der Waals surface area contributed by atoms with Crippen LogP contribution in [0.25, 0.3) is 0 Å². The molecule has 0 bridgehead atoms. The third-order valence-corrected chi connectivity index (χ3v) is 2.55. The van der Waals surface area contributed by atoms with Crippen LogP contribution >= 0.6 is 0 Å². The smallest absolute Gasteiger partial charge is 0.223 e. The molecule has 100 valence electrons. The summed E-state index contributed by atoms with van der Waals surface area (Å²) in [6, 6.07) is 11.5. The zero-order chi connectivity index (χ0) is 13.5. The first-order valence-corrected chi connectivity index (χ1v) is 6.32. The first-order valence-electron chi connectivity index (χ1n) is 6.32. The van der Waals surface area contributed by atoms with Gasteiger partial charge in [-0.2, -0.15) is 0 Å². The average molecular weight is 258 g/mol. The Balaban J connectivity index is 2.18. The predicted molar refractivity (Wildman–Crippen MR) is 74.7 cm³/mol. The average Bonchev–Trinajstić information content (AvgIpc) is 2.42. The molecule has 0 atom stereocenters. The third kappa shape index (κ3) is 3.69. The van der Waals surface area contributed by atoms with Crippen molar-refractivity contribution < 1.29 is 9.47 Å². The Morgan fingerprint density at radius 2 is 2.00 bits per heavy atom. The third-order valence-electron chi connectivity index (χ3n) is 2.55. The van der Waals surface area contributed by atoms with Crippen molar-refractivity contribution in [1.82, 2.24) is 10.3 Å². The van der Waals surface area contributed by atoms with Crippen LogP contribution < -0.4 is 14.8 Å². The molecule has 2 aromatic rings. The van der Waals surface area contributed by atoms with Gasteiger partial charge in [0.05, 0.1) is 6.61 Å². The van der Waals surface area contributed by atoms with Crippen molar-refractivity contribution in [2.24, 2.45) is 0 Å². The maximum absolute atomic E-state index is 5.82. The molecule has 0 fully saturated rings. The molecule has 1 aromatic carbocycles. The van der Waals surface area contributed by atoms with E-state index in [0.717, 1.165) is 17.1 Å². The van der Waals surface area contributed by atoms with Gasteiger partial charge in [0.15, 0.2) is 0 Å². The van der Waals surface area contributed by atoms with E-state index >= 15 is 0 Å². The number of hydrogen-bond donors (Lipinski definition) is 1. The Bertz CT molecular complexity index is 529. The summed E-state index contributed by atoms with van der Waals surface area (Å²) in [4.78, 5) is 4.27. The van der Waals surface area contributed by atoms with Crippen molar-refractivity contribution in [3.63, 3.8) is 0 Å². The summed E-state index contributed by atoms with van der Waals surface area (Å²) in [5.41, 5.74) is 1.02. The second kappa shape index (κ2) is 6.75. The SMILES string of the molecule is CCOc1cccc(Oc2ncccc2CNC)c1. The van der Waals surface area contributed by atoms with Crippen LogP contribution in [0.5, 0.6) is 17.4 Å². The van der Waals surface area contributed by atoms with E-state index in [1.54, 1.807) is 6.20 Å². The molecule has 1 N–H and O–H groups in total. The van der Waals surface area contributed by atoms with Gasteiger partial charge in [-0.3, -0.25) is 0 Å². The Morgan fingerprint density at radius 1 is 1.16 bits per heavy atom. The lowest BCUT2D eigenvalue weighted by Gasteiger charge is -2.10. The molecule has 0 saturated heterocycles. The van der Waals surface area contributed by atoms with Gasteiger partial charge in [-0.1, -0.05) is 12.1 Å². The maximum Gasteiger partial charge on any atom is 0.223 e. The summed E-state index contributed by atoms with van der Waals surface area (Å²) in [6.07, 6.45) is 1.72. The van der Waals surface area contributed by atoms with E-state index in [2.05, 4.69) is 10.3 Å². The highest BCUT2D eigenvalue weighted by Crippen LogP contribution is 2.26. The molecule has 1 heterocycles. The van der Waals surface area contributed by atoms with Crippen molar-refractivity contribution in [3.8, 4) is 17.4 Å². The minimum Gasteiger partial charge on any atom is -0.494 e. The van der Waals surface area contributed by atoms with Crippen LogP contribution in [0.3, 0.4) is 0 Å². The molecule has 0 amide bonds. The molecule has 0 spiro atoms. The van der Waals surface area contributed by atoms with E-state index < -0.39 is 0 Å². The summed E-state index contributed by atoms with van der Waals surface area (Å²) in [6.45, 7) is 3.31. The van der Waals surface area contributed by atoms with Gasteiger partial charge in [0.25, 0.3) is 0 Å². The van der Waals surface area contributed by atoms with Crippen LogP contribution in [0.1, 0.15) is 12.5 Å². The summed E-state index contributed by atoms with van der Waals surface area (Å²) < 4.78 is 11.3. The van der Waals surface area contributed by atoms with Gasteiger partial charge in [0.2, 0.25) is 5.88 Å². The molecular formula is C15H18N2O2. The molecule has 1 aromatic heterocycles. The summed E-state index contributed by atoms with van der Waals surface area (Å²) in [5, 5.41) is 3.10. The summed E-state index contributed by atoms with van der Waals surface area (Å²) in [5.74, 6) is 2.14. The van der Waals surface area contributed by atoms with Crippen LogP contribution in [-0.4, -0.2) is 18.6 Å². The number of pyridine rings is 1. The van der Waals surface area contributed by atoms with Crippen molar-refractivity contribution in [1.29, 1.82) is 0 Å². The maximum atomic E-state index is 5.82. The molecule has 0 radical (unpaired) electrons. The topological polar surface area (TPSA) is 43.4 Å². The van der Waals surface area contributed by atoms with Gasteiger partial charge in [-0.05, 0) is 32.2 Å². The number of aromatic nitrogens is 1. The largest absolute Gasteiger partial charge is 0.494 e. The quantitative estimate of drug-likeness (QED) is 0.865. The molecule has 19 heavy (non-hydrogen) atoms. The number of nitrogens with zero attached hydrogens (tertiary/aromatic N) is 1. The number of ether oxygens (including phenoxy) is 2. The van der Waals surface area contributed by atoms with Gasteiger partial charge in [0.1, 0.15) is 11.5 Å². The number of rotatable bonds is 6. The van der Waals surface area contributed by atoms with E-state index in [1.165, 1.54) is 0 Å². The lowest BCUT2D eigenvalue weighted by atomic mass is 10.2. The van der Waals surface area contributed by atoms with E-state index in [1.807, 2.05) is 50.4 Å².